The fraction of sp³-hybridized carbons (Fsp3) is 0.500. The van der Waals surface area contributed by atoms with Crippen molar-refractivity contribution in [2.24, 2.45) is 5.92 Å². The maximum absolute atomic E-state index is 11.8. The first-order valence-electron chi connectivity index (χ1n) is 8.64. The van der Waals surface area contributed by atoms with Gasteiger partial charge in [0.05, 0.1) is 0 Å². The van der Waals surface area contributed by atoms with E-state index in [0.29, 0.717) is 13.0 Å². The molecule has 1 aromatic rings. The van der Waals surface area contributed by atoms with Crippen LogP contribution in [-0.2, 0) is 16.1 Å². The Morgan fingerprint density at radius 1 is 1.13 bits per heavy atom. The molecule has 1 unspecified atom stereocenters. The van der Waals surface area contributed by atoms with Crippen molar-refractivity contribution in [1.29, 1.82) is 0 Å². The van der Waals surface area contributed by atoms with E-state index in [2.05, 4.69) is 18.8 Å². The standard InChI is InChI=1S/C20H29NO2/c1-3-5-13-18(19(22)4-2)14-9-10-15-20(23)21-16-17-11-7-6-8-12-17/h4,6-8,11-12,18H,2-3,5,9-10,13-16H2,1H3,(H,21,23). The van der Waals surface area contributed by atoms with Gasteiger partial charge in [-0.3, -0.25) is 9.59 Å². The third-order valence-corrected chi connectivity index (χ3v) is 4.05. The van der Waals surface area contributed by atoms with Gasteiger partial charge in [-0.2, -0.15) is 0 Å². The minimum Gasteiger partial charge on any atom is -0.352 e. The molecule has 0 spiro atoms. The lowest BCUT2D eigenvalue weighted by Gasteiger charge is -2.13. The van der Waals surface area contributed by atoms with Gasteiger partial charge in [-0.05, 0) is 30.9 Å². The largest absolute Gasteiger partial charge is 0.352 e. The Morgan fingerprint density at radius 2 is 1.83 bits per heavy atom. The van der Waals surface area contributed by atoms with E-state index in [9.17, 15) is 9.59 Å². The van der Waals surface area contributed by atoms with Crippen molar-refractivity contribution in [1.82, 2.24) is 5.32 Å². The molecule has 0 aliphatic heterocycles. The zero-order chi connectivity index (χ0) is 16.9. The highest BCUT2D eigenvalue weighted by Gasteiger charge is 2.14. The van der Waals surface area contributed by atoms with E-state index in [-0.39, 0.29) is 17.6 Å². The summed E-state index contributed by atoms with van der Waals surface area (Å²) < 4.78 is 0. The fourth-order valence-electron chi connectivity index (χ4n) is 2.61. The average molecular weight is 315 g/mol. The molecule has 1 aromatic carbocycles. The molecule has 0 aromatic heterocycles. The minimum atomic E-state index is 0.0778. The first kappa shape index (κ1) is 19.1. The summed E-state index contributed by atoms with van der Waals surface area (Å²) in [6.07, 6.45) is 7.66. The van der Waals surface area contributed by atoms with Gasteiger partial charge in [0.25, 0.3) is 0 Å². The molecule has 0 saturated heterocycles. The Morgan fingerprint density at radius 3 is 2.48 bits per heavy atom. The van der Waals surface area contributed by atoms with E-state index >= 15 is 0 Å². The van der Waals surface area contributed by atoms with Gasteiger partial charge in [-0.15, -0.1) is 0 Å². The quantitative estimate of drug-likeness (QED) is 0.458. The van der Waals surface area contributed by atoms with E-state index in [1.165, 1.54) is 6.08 Å². The highest BCUT2D eigenvalue weighted by Crippen LogP contribution is 2.18. The van der Waals surface area contributed by atoms with Gasteiger partial charge in [-0.25, -0.2) is 0 Å². The van der Waals surface area contributed by atoms with Gasteiger partial charge >= 0.3 is 0 Å². The molecule has 3 heteroatoms. The van der Waals surface area contributed by atoms with Crippen LogP contribution < -0.4 is 5.32 Å². The molecule has 0 radical (unpaired) electrons. The molecule has 0 aliphatic rings. The Kier molecular flexibility index (Phi) is 9.69. The molecule has 23 heavy (non-hydrogen) atoms. The van der Waals surface area contributed by atoms with Crippen LogP contribution in [0.5, 0.6) is 0 Å². The fourth-order valence-corrected chi connectivity index (χ4v) is 2.61. The molecule has 0 aliphatic carbocycles. The number of rotatable bonds is 12. The molecule has 1 N–H and O–H groups in total. The Labute approximate surface area is 140 Å². The summed E-state index contributed by atoms with van der Waals surface area (Å²) in [6.45, 7) is 6.29. The number of hydrogen-bond acceptors (Lipinski definition) is 2. The van der Waals surface area contributed by atoms with Crippen LogP contribution in [0.25, 0.3) is 0 Å². The maximum Gasteiger partial charge on any atom is 0.220 e. The van der Waals surface area contributed by atoms with E-state index < -0.39 is 0 Å². The van der Waals surface area contributed by atoms with Crippen molar-refractivity contribution < 1.29 is 9.59 Å². The number of ketones is 1. The Hall–Kier alpha value is -1.90. The van der Waals surface area contributed by atoms with Crippen molar-refractivity contribution >= 4 is 11.7 Å². The average Bonchev–Trinajstić information content (AvgIpc) is 2.59. The molecule has 3 nitrogen and oxygen atoms in total. The van der Waals surface area contributed by atoms with Crippen LogP contribution in [-0.4, -0.2) is 11.7 Å². The van der Waals surface area contributed by atoms with Crippen molar-refractivity contribution in [2.45, 2.75) is 58.4 Å². The lowest BCUT2D eigenvalue weighted by molar-refractivity contribution is -0.121. The topological polar surface area (TPSA) is 46.2 Å². The second-order valence-electron chi connectivity index (χ2n) is 5.95. The number of benzene rings is 1. The van der Waals surface area contributed by atoms with Gasteiger partial charge in [0.15, 0.2) is 5.78 Å². The highest BCUT2D eigenvalue weighted by atomic mass is 16.1. The number of amides is 1. The van der Waals surface area contributed by atoms with Crippen LogP contribution in [0.3, 0.4) is 0 Å². The van der Waals surface area contributed by atoms with Gasteiger partial charge in [-0.1, -0.05) is 63.1 Å². The SMILES string of the molecule is C=CC(=O)C(CCCC)CCCCC(=O)NCc1ccccc1. The summed E-state index contributed by atoms with van der Waals surface area (Å²) in [7, 11) is 0. The molecule has 0 heterocycles. The minimum absolute atomic E-state index is 0.0778. The van der Waals surface area contributed by atoms with Gasteiger partial charge in [0.2, 0.25) is 5.91 Å². The predicted octanol–water partition coefficient (Wildman–Crippen LogP) is 4.42. The first-order valence-corrected chi connectivity index (χ1v) is 8.64. The Balaban J connectivity index is 2.20. The van der Waals surface area contributed by atoms with E-state index in [4.69, 9.17) is 0 Å². The lowest BCUT2D eigenvalue weighted by atomic mass is 9.91. The zero-order valence-electron chi connectivity index (χ0n) is 14.2. The monoisotopic (exact) mass is 315 g/mol. The summed E-state index contributed by atoms with van der Waals surface area (Å²) >= 11 is 0. The van der Waals surface area contributed by atoms with Gasteiger partial charge < -0.3 is 5.32 Å². The van der Waals surface area contributed by atoms with Crippen LogP contribution in [0, 0.1) is 5.92 Å². The predicted molar refractivity (Wildman–Crippen MR) is 95.0 cm³/mol. The van der Waals surface area contributed by atoms with Crippen molar-refractivity contribution in [2.75, 3.05) is 0 Å². The summed E-state index contributed by atoms with van der Waals surface area (Å²) in [5.41, 5.74) is 1.11. The molecular weight excluding hydrogens is 286 g/mol. The van der Waals surface area contributed by atoms with Crippen LogP contribution in [0.2, 0.25) is 0 Å². The van der Waals surface area contributed by atoms with Crippen LogP contribution in [0.4, 0.5) is 0 Å². The smallest absolute Gasteiger partial charge is 0.220 e. The molecule has 1 amide bonds. The lowest BCUT2D eigenvalue weighted by Crippen LogP contribution is -2.22. The third-order valence-electron chi connectivity index (χ3n) is 4.05. The normalized spacial score (nSPS) is 11.7. The Bertz CT molecular complexity index is 482. The highest BCUT2D eigenvalue weighted by molar-refractivity contribution is 5.91. The van der Waals surface area contributed by atoms with Gasteiger partial charge in [0, 0.05) is 18.9 Å². The molecular formula is C20H29NO2. The number of hydrogen-bond donors (Lipinski definition) is 1. The summed E-state index contributed by atoms with van der Waals surface area (Å²) in [6, 6.07) is 9.90. The van der Waals surface area contributed by atoms with Crippen molar-refractivity contribution in [3.63, 3.8) is 0 Å². The van der Waals surface area contributed by atoms with Crippen molar-refractivity contribution in [3.8, 4) is 0 Å². The van der Waals surface area contributed by atoms with E-state index in [1.54, 1.807) is 0 Å². The molecule has 1 atom stereocenters. The van der Waals surface area contributed by atoms with Crippen LogP contribution in [0.15, 0.2) is 43.0 Å². The van der Waals surface area contributed by atoms with E-state index in [0.717, 1.165) is 44.1 Å². The molecule has 0 fully saturated rings. The zero-order valence-corrected chi connectivity index (χ0v) is 14.2. The number of allylic oxidation sites excluding steroid dienone is 1. The summed E-state index contributed by atoms with van der Waals surface area (Å²) in [5, 5.41) is 2.93. The van der Waals surface area contributed by atoms with Crippen LogP contribution >= 0.6 is 0 Å². The molecule has 1 rings (SSSR count). The van der Waals surface area contributed by atoms with Crippen molar-refractivity contribution in [3.05, 3.63) is 48.6 Å². The summed E-state index contributed by atoms with van der Waals surface area (Å²) in [4.78, 5) is 23.6. The second kappa shape index (κ2) is 11.6. The number of carbonyl (C=O) groups excluding carboxylic acids is 2. The third kappa shape index (κ3) is 8.34. The maximum atomic E-state index is 11.8. The van der Waals surface area contributed by atoms with E-state index in [1.807, 2.05) is 30.3 Å². The second-order valence-corrected chi connectivity index (χ2v) is 5.95. The molecule has 0 saturated carbocycles. The number of unbranched alkanes of at least 4 members (excludes halogenated alkanes) is 2. The molecule has 126 valence electrons. The summed E-state index contributed by atoms with van der Waals surface area (Å²) in [5.74, 6) is 0.306. The van der Waals surface area contributed by atoms with Gasteiger partial charge in [0.1, 0.15) is 0 Å². The number of nitrogens with one attached hydrogen (secondary N) is 1. The first-order chi connectivity index (χ1) is 11.2. The number of carbonyl (C=O) groups is 2. The molecule has 0 bridgehead atoms. The van der Waals surface area contributed by atoms with Crippen LogP contribution in [0.1, 0.15) is 57.4 Å².